The first-order valence-corrected chi connectivity index (χ1v) is 8.38. The summed E-state index contributed by atoms with van der Waals surface area (Å²) < 4.78 is 16.8. The Labute approximate surface area is 140 Å². The van der Waals surface area contributed by atoms with Gasteiger partial charge in [0.15, 0.2) is 6.29 Å². The van der Waals surface area contributed by atoms with Crippen molar-refractivity contribution in [2.45, 2.75) is 50.7 Å². The number of hydrogen-bond acceptors (Lipinski definition) is 6. The first-order valence-electron chi connectivity index (χ1n) is 8.38. The number of rotatable bonds is 3. The van der Waals surface area contributed by atoms with Gasteiger partial charge >= 0.3 is 0 Å². The zero-order valence-corrected chi connectivity index (χ0v) is 13.2. The van der Waals surface area contributed by atoms with Crippen molar-refractivity contribution in [1.29, 1.82) is 0 Å². The monoisotopic (exact) mass is 334 g/mol. The highest BCUT2D eigenvalue weighted by Gasteiger charge is 2.50. The Morgan fingerprint density at radius 2 is 2.04 bits per heavy atom. The largest absolute Gasteiger partial charge is 0.512 e. The Bertz CT molecular complexity index is 630. The van der Waals surface area contributed by atoms with E-state index < -0.39 is 24.6 Å². The molecule has 1 saturated carbocycles. The van der Waals surface area contributed by atoms with Crippen LogP contribution in [0.5, 0.6) is 5.75 Å². The van der Waals surface area contributed by atoms with Crippen molar-refractivity contribution in [3.63, 3.8) is 0 Å². The van der Waals surface area contributed by atoms with E-state index in [1.54, 1.807) is 6.08 Å². The van der Waals surface area contributed by atoms with Gasteiger partial charge in [-0.05, 0) is 12.1 Å². The summed E-state index contributed by atoms with van der Waals surface area (Å²) in [6.07, 6.45) is 0.819. The Balaban J connectivity index is 1.41. The van der Waals surface area contributed by atoms with Crippen molar-refractivity contribution < 1.29 is 29.5 Å². The second-order valence-electron chi connectivity index (χ2n) is 6.69. The van der Waals surface area contributed by atoms with Gasteiger partial charge in [0.2, 0.25) is 6.29 Å². The molecule has 2 unspecified atom stereocenters. The average molecular weight is 334 g/mol. The first-order chi connectivity index (χ1) is 11.6. The maximum Gasteiger partial charge on any atom is 0.203 e. The van der Waals surface area contributed by atoms with Gasteiger partial charge in [-0.2, -0.15) is 0 Å². The van der Waals surface area contributed by atoms with E-state index in [4.69, 9.17) is 14.2 Å². The summed E-state index contributed by atoms with van der Waals surface area (Å²) in [6.45, 7) is 0.478. The summed E-state index contributed by atoms with van der Waals surface area (Å²) in [5.41, 5.74) is 1.01. The molecule has 1 aromatic rings. The molecule has 0 amide bonds. The summed E-state index contributed by atoms with van der Waals surface area (Å²) >= 11 is 0. The molecule has 0 spiro atoms. The number of aliphatic hydroxyl groups is 3. The molecule has 1 aliphatic carbocycles. The highest BCUT2D eigenvalue weighted by atomic mass is 16.7. The molecular weight excluding hydrogens is 312 g/mol. The van der Waals surface area contributed by atoms with Crippen LogP contribution in [0.3, 0.4) is 0 Å². The molecule has 4 rings (SSSR count). The van der Waals surface area contributed by atoms with Gasteiger partial charge in [-0.1, -0.05) is 18.2 Å². The lowest BCUT2D eigenvalue weighted by Gasteiger charge is -2.26. The van der Waals surface area contributed by atoms with Crippen LogP contribution in [0.1, 0.15) is 24.8 Å². The third-order valence-electron chi connectivity index (χ3n) is 5.15. The maximum atomic E-state index is 10.4. The molecule has 6 nitrogen and oxygen atoms in total. The van der Waals surface area contributed by atoms with Crippen LogP contribution in [-0.4, -0.2) is 40.1 Å². The van der Waals surface area contributed by atoms with E-state index in [1.165, 1.54) is 0 Å². The predicted molar refractivity (Wildman–Crippen MR) is 84.1 cm³/mol. The van der Waals surface area contributed by atoms with Crippen LogP contribution >= 0.6 is 0 Å². The fraction of sp³-hybridized carbons (Fsp3) is 0.556. The Hall–Kier alpha value is -1.60. The van der Waals surface area contributed by atoms with E-state index in [0.717, 1.165) is 11.3 Å². The Morgan fingerprint density at radius 3 is 2.92 bits per heavy atom. The summed E-state index contributed by atoms with van der Waals surface area (Å²) in [5.74, 6) is 0.469. The van der Waals surface area contributed by atoms with Gasteiger partial charge in [0, 0.05) is 36.7 Å². The van der Waals surface area contributed by atoms with Crippen molar-refractivity contribution >= 4 is 0 Å². The normalized spacial score (nSPS) is 38.5. The minimum Gasteiger partial charge on any atom is -0.512 e. The lowest BCUT2D eigenvalue weighted by Crippen LogP contribution is -2.26. The molecule has 2 heterocycles. The standard InChI is InChI=1S/C18H22O6/c19-12(18-11-7-16(21)23-15(11)8-13(18)20)5-6-17-22-9-10-3-1-2-4-14(10)24-17/h1-5,11,13,15-21H,6-9H2/b12-5+/t11-,13+,15-,16?,17?,18-/m0/s1. The second kappa shape index (κ2) is 6.37. The molecular formula is C18H22O6. The lowest BCUT2D eigenvalue weighted by molar-refractivity contribution is -0.105. The number of hydrogen-bond donors (Lipinski definition) is 3. The van der Waals surface area contributed by atoms with Crippen LogP contribution in [-0.2, 0) is 16.1 Å². The third kappa shape index (κ3) is 2.91. The number of aliphatic hydroxyl groups excluding tert-OH is 3. The zero-order valence-electron chi connectivity index (χ0n) is 13.2. The van der Waals surface area contributed by atoms with Crippen molar-refractivity contribution in [3.8, 4) is 5.75 Å². The molecule has 2 aliphatic heterocycles. The molecule has 6 atom stereocenters. The topological polar surface area (TPSA) is 88.4 Å². The fourth-order valence-corrected chi connectivity index (χ4v) is 4.00. The number of fused-ring (bicyclic) bond motifs is 2. The van der Waals surface area contributed by atoms with Crippen LogP contribution in [0.2, 0.25) is 0 Å². The van der Waals surface area contributed by atoms with Crippen molar-refractivity contribution in [3.05, 3.63) is 41.7 Å². The van der Waals surface area contributed by atoms with E-state index in [0.29, 0.717) is 25.9 Å². The Kier molecular flexibility index (Phi) is 4.22. The summed E-state index contributed by atoms with van der Waals surface area (Å²) in [4.78, 5) is 0. The molecule has 1 saturated heterocycles. The van der Waals surface area contributed by atoms with Gasteiger partial charge in [-0.3, -0.25) is 0 Å². The second-order valence-corrected chi connectivity index (χ2v) is 6.69. The maximum absolute atomic E-state index is 10.4. The van der Waals surface area contributed by atoms with Gasteiger partial charge in [0.1, 0.15) is 5.75 Å². The summed E-state index contributed by atoms with van der Waals surface area (Å²) in [7, 11) is 0. The third-order valence-corrected chi connectivity index (χ3v) is 5.15. The van der Waals surface area contributed by atoms with E-state index in [1.807, 2.05) is 24.3 Å². The highest BCUT2D eigenvalue weighted by molar-refractivity contribution is 5.33. The molecule has 0 bridgehead atoms. The van der Waals surface area contributed by atoms with Gasteiger partial charge in [0.05, 0.1) is 24.6 Å². The number of benzene rings is 1. The summed E-state index contributed by atoms with van der Waals surface area (Å²) in [6, 6.07) is 7.71. The minimum atomic E-state index is -0.802. The van der Waals surface area contributed by atoms with Gasteiger partial charge in [0.25, 0.3) is 0 Å². The van der Waals surface area contributed by atoms with Crippen LogP contribution in [0.15, 0.2) is 36.1 Å². The molecule has 2 fully saturated rings. The summed E-state index contributed by atoms with van der Waals surface area (Å²) in [5, 5.41) is 30.2. The van der Waals surface area contributed by atoms with Gasteiger partial charge in [-0.15, -0.1) is 0 Å². The van der Waals surface area contributed by atoms with Crippen LogP contribution < -0.4 is 4.74 Å². The van der Waals surface area contributed by atoms with E-state index in [9.17, 15) is 15.3 Å². The molecule has 3 aliphatic rings. The molecule has 3 N–H and O–H groups in total. The van der Waals surface area contributed by atoms with E-state index in [2.05, 4.69) is 0 Å². The smallest absolute Gasteiger partial charge is 0.203 e. The lowest BCUT2D eigenvalue weighted by atomic mass is 9.90. The van der Waals surface area contributed by atoms with Crippen molar-refractivity contribution in [2.24, 2.45) is 11.8 Å². The quantitative estimate of drug-likeness (QED) is 0.731. The minimum absolute atomic E-state index is 0.0554. The van der Waals surface area contributed by atoms with Crippen molar-refractivity contribution in [2.75, 3.05) is 0 Å². The van der Waals surface area contributed by atoms with Crippen LogP contribution in [0.25, 0.3) is 0 Å². The van der Waals surface area contributed by atoms with Gasteiger partial charge < -0.3 is 29.5 Å². The fourth-order valence-electron chi connectivity index (χ4n) is 4.00. The molecule has 1 aromatic carbocycles. The van der Waals surface area contributed by atoms with Crippen LogP contribution in [0, 0.1) is 11.8 Å². The number of ether oxygens (including phenoxy) is 3. The molecule has 6 heteroatoms. The molecule has 24 heavy (non-hydrogen) atoms. The molecule has 130 valence electrons. The van der Waals surface area contributed by atoms with E-state index in [-0.39, 0.29) is 17.8 Å². The van der Waals surface area contributed by atoms with Crippen LogP contribution in [0.4, 0.5) is 0 Å². The van der Waals surface area contributed by atoms with Crippen molar-refractivity contribution in [1.82, 2.24) is 0 Å². The molecule has 0 aromatic heterocycles. The first kappa shape index (κ1) is 15.9. The SMILES string of the molecule is O/C(=C/CC1OCc2ccccc2O1)[C@@H]1[C@H]2CC(O)O[C@H]2C[C@H]1O. The van der Waals surface area contributed by atoms with Gasteiger partial charge in [-0.25, -0.2) is 0 Å². The predicted octanol–water partition coefficient (Wildman–Crippen LogP) is 1.86. The highest BCUT2D eigenvalue weighted by Crippen LogP contribution is 2.45. The van der Waals surface area contributed by atoms with E-state index >= 15 is 0 Å². The molecule has 0 radical (unpaired) electrons. The Morgan fingerprint density at radius 1 is 1.21 bits per heavy atom. The average Bonchev–Trinajstić information content (AvgIpc) is 3.06. The number of para-hydroxylation sites is 1. The zero-order chi connectivity index (χ0) is 16.7.